The van der Waals surface area contributed by atoms with Gasteiger partial charge in [-0.15, -0.1) is 0 Å². The van der Waals surface area contributed by atoms with Gasteiger partial charge in [-0.25, -0.2) is 0 Å². The summed E-state index contributed by atoms with van der Waals surface area (Å²) in [5, 5.41) is 1.05. The monoisotopic (exact) mass is 470 g/mol. The Hall–Kier alpha value is -2.47. The van der Waals surface area contributed by atoms with Gasteiger partial charge >= 0.3 is 0 Å². The lowest BCUT2D eigenvalue weighted by atomic mass is 10.2. The number of rotatable bonds is 4. The van der Waals surface area contributed by atoms with Gasteiger partial charge in [0.2, 0.25) is 0 Å². The van der Waals surface area contributed by atoms with Crippen LogP contribution in [0.4, 0.5) is 4.79 Å². The van der Waals surface area contributed by atoms with Crippen molar-refractivity contribution in [2.24, 2.45) is 0 Å². The van der Waals surface area contributed by atoms with Crippen LogP contribution in [0, 0.1) is 20.8 Å². The molecule has 0 radical (unpaired) electrons. The van der Waals surface area contributed by atoms with Crippen LogP contribution in [-0.2, 0) is 11.3 Å². The van der Waals surface area contributed by atoms with Crippen molar-refractivity contribution >= 4 is 52.2 Å². The molecule has 31 heavy (non-hydrogen) atoms. The molecule has 1 aromatic heterocycles. The maximum atomic E-state index is 12.9. The van der Waals surface area contributed by atoms with Crippen LogP contribution in [0.15, 0.2) is 53.4 Å². The van der Waals surface area contributed by atoms with E-state index in [2.05, 4.69) is 4.57 Å². The normalized spacial score (nSPS) is 15.4. The van der Waals surface area contributed by atoms with Crippen LogP contribution in [0.2, 0.25) is 10.0 Å². The zero-order chi connectivity index (χ0) is 22.3. The highest BCUT2D eigenvalue weighted by Crippen LogP contribution is 2.35. The van der Waals surface area contributed by atoms with E-state index in [9.17, 15) is 9.59 Å². The van der Waals surface area contributed by atoms with Crippen LogP contribution < -0.4 is 0 Å². The molecule has 0 unspecified atom stereocenters. The minimum Gasteiger partial charge on any atom is -0.318 e. The third-order valence-corrected chi connectivity index (χ3v) is 6.93. The number of aromatic nitrogens is 1. The molecule has 0 spiro atoms. The first kappa shape index (κ1) is 21.8. The van der Waals surface area contributed by atoms with E-state index in [1.165, 1.54) is 4.90 Å². The first-order valence-electron chi connectivity index (χ1n) is 9.70. The SMILES string of the molecule is Cc1c(Cl)cccc1-n1c(C)cc(/C=C2/SC(=O)N(Cc3ccc(Cl)cc3)C2=O)c1C. The zero-order valence-corrected chi connectivity index (χ0v) is 19.6. The Labute approximate surface area is 195 Å². The average Bonchev–Trinajstić information content (AvgIpc) is 3.15. The van der Waals surface area contributed by atoms with Crippen LogP contribution in [0.3, 0.4) is 0 Å². The van der Waals surface area contributed by atoms with E-state index in [4.69, 9.17) is 23.2 Å². The average molecular weight is 471 g/mol. The highest BCUT2D eigenvalue weighted by Gasteiger charge is 2.35. The zero-order valence-electron chi connectivity index (χ0n) is 17.3. The lowest BCUT2D eigenvalue weighted by molar-refractivity contribution is -0.123. The second-order valence-corrected chi connectivity index (χ2v) is 9.28. The maximum absolute atomic E-state index is 12.9. The van der Waals surface area contributed by atoms with Crippen molar-refractivity contribution in [3.63, 3.8) is 0 Å². The minimum absolute atomic E-state index is 0.222. The minimum atomic E-state index is -0.284. The molecule has 1 fully saturated rings. The molecule has 0 bridgehead atoms. The molecule has 0 N–H and O–H groups in total. The number of hydrogen-bond acceptors (Lipinski definition) is 3. The summed E-state index contributed by atoms with van der Waals surface area (Å²) in [6.07, 6.45) is 1.80. The summed E-state index contributed by atoms with van der Waals surface area (Å²) in [7, 11) is 0. The number of halogens is 2. The molecule has 7 heteroatoms. The third-order valence-electron chi connectivity index (χ3n) is 5.36. The molecule has 0 atom stereocenters. The van der Waals surface area contributed by atoms with E-state index in [1.807, 2.05) is 57.2 Å². The number of imide groups is 1. The van der Waals surface area contributed by atoms with Crippen LogP contribution in [0.25, 0.3) is 11.8 Å². The van der Waals surface area contributed by atoms with Crippen molar-refractivity contribution in [2.75, 3.05) is 0 Å². The van der Waals surface area contributed by atoms with Gasteiger partial charge in [0, 0.05) is 27.1 Å². The van der Waals surface area contributed by atoms with Crippen molar-refractivity contribution < 1.29 is 9.59 Å². The summed E-state index contributed by atoms with van der Waals surface area (Å²) >= 11 is 13.2. The number of nitrogens with zero attached hydrogens (tertiary/aromatic N) is 2. The predicted octanol–water partition coefficient (Wildman–Crippen LogP) is 6.95. The number of thioether (sulfide) groups is 1. The molecular weight excluding hydrogens is 451 g/mol. The molecule has 1 aliphatic heterocycles. The number of amides is 2. The molecule has 0 aliphatic carbocycles. The number of carbonyl (C=O) groups is 2. The molecule has 2 aromatic carbocycles. The highest BCUT2D eigenvalue weighted by atomic mass is 35.5. The van der Waals surface area contributed by atoms with Crippen LogP contribution in [-0.4, -0.2) is 20.6 Å². The maximum Gasteiger partial charge on any atom is 0.293 e. The number of carbonyl (C=O) groups excluding carboxylic acids is 2. The molecule has 4 nitrogen and oxygen atoms in total. The van der Waals surface area contributed by atoms with Gasteiger partial charge < -0.3 is 4.57 Å². The summed E-state index contributed by atoms with van der Waals surface area (Å²) < 4.78 is 2.12. The lowest BCUT2D eigenvalue weighted by Crippen LogP contribution is -2.27. The summed E-state index contributed by atoms with van der Waals surface area (Å²) in [6.45, 7) is 6.21. The van der Waals surface area contributed by atoms with Crippen molar-refractivity contribution in [2.45, 2.75) is 27.3 Å². The van der Waals surface area contributed by atoms with Gasteiger partial charge in [-0.1, -0.05) is 41.4 Å². The molecule has 3 aromatic rings. The Kier molecular flexibility index (Phi) is 6.02. The van der Waals surface area contributed by atoms with E-state index in [0.717, 1.165) is 45.5 Å². The van der Waals surface area contributed by atoms with Crippen LogP contribution in [0.1, 0.15) is 28.1 Å². The van der Waals surface area contributed by atoms with Gasteiger partial charge in [0.15, 0.2) is 0 Å². The molecular formula is C24H20Cl2N2O2S. The fraction of sp³-hybridized carbons (Fsp3) is 0.167. The molecule has 158 valence electrons. The molecule has 1 saturated heterocycles. The predicted molar refractivity (Wildman–Crippen MR) is 128 cm³/mol. The van der Waals surface area contributed by atoms with Gasteiger partial charge in [-0.2, -0.15) is 0 Å². The first-order valence-corrected chi connectivity index (χ1v) is 11.3. The Bertz CT molecular complexity index is 1230. The smallest absolute Gasteiger partial charge is 0.293 e. The fourth-order valence-electron chi connectivity index (χ4n) is 3.69. The Balaban J connectivity index is 1.65. The Morgan fingerprint density at radius 3 is 2.42 bits per heavy atom. The van der Waals surface area contributed by atoms with Crippen molar-refractivity contribution in [3.8, 4) is 5.69 Å². The van der Waals surface area contributed by atoms with E-state index in [0.29, 0.717) is 15.0 Å². The van der Waals surface area contributed by atoms with Crippen molar-refractivity contribution in [1.82, 2.24) is 9.47 Å². The topological polar surface area (TPSA) is 42.3 Å². The van der Waals surface area contributed by atoms with Crippen molar-refractivity contribution in [1.29, 1.82) is 0 Å². The second kappa shape index (κ2) is 8.58. The first-order chi connectivity index (χ1) is 14.8. The van der Waals surface area contributed by atoms with E-state index in [-0.39, 0.29) is 17.7 Å². The van der Waals surface area contributed by atoms with Crippen LogP contribution in [0.5, 0.6) is 0 Å². The molecule has 4 rings (SSSR count). The number of benzene rings is 2. The third kappa shape index (κ3) is 4.18. The highest BCUT2D eigenvalue weighted by molar-refractivity contribution is 8.18. The Morgan fingerprint density at radius 2 is 1.71 bits per heavy atom. The van der Waals surface area contributed by atoms with Crippen molar-refractivity contribution in [3.05, 3.63) is 91.6 Å². The summed E-state index contributed by atoms with van der Waals surface area (Å²) in [5.74, 6) is -0.284. The molecule has 2 amide bonds. The lowest BCUT2D eigenvalue weighted by Gasteiger charge is -2.13. The largest absolute Gasteiger partial charge is 0.318 e. The standard InChI is InChI=1S/C24H20Cl2N2O2S/c1-14-11-18(16(3)28(14)21-6-4-5-20(26)15(21)2)12-22-23(29)27(24(30)31-22)13-17-7-9-19(25)10-8-17/h4-12H,13H2,1-3H3/b22-12+. The summed E-state index contributed by atoms with van der Waals surface area (Å²) in [4.78, 5) is 27.1. The summed E-state index contributed by atoms with van der Waals surface area (Å²) in [6, 6.07) is 15.0. The Morgan fingerprint density at radius 1 is 1.00 bits per heavy atom. The van der Waals surface area contributed by atoms with E-state index in [1.54, 1.807) is 18.2 Å². The van der Waals surface area contributed by atoms with Gasteiger partial charge in [0.05, 0.1) is 11.4 Å². The van der Waals surface area contributed by atoms with E-state index < -0.39 is 0 Å². The van der Waals surface area contributed by atoms with Gasteiger partial charge in [-0.05, 0) is 85.6 Å². The fourth-order valence-corrected chi connectivity index (χ4v) is 4.82. The molecule has 2 heterocycles. The number of hydrogen-bond donors (Lipinski definition) is 0. The summed E-state index contributed by atoms with van der Waals surface area (Å²) in [5.41, 5.74) is 5.73. The van der Waals surface area contributed by atoms with Crippen LogP contribution >= 0.6 is 35.0 Å². The molecule has 0 saturated carbocycles. The van der Waals surface area contributed by atoms with Gasteiger partial charge in [0.1, 0.15) is 0 Å². The van der Waals surface area contributed by atoms with Gasteiger partial charge in [0.25, 0.3) is 11.1 Å². The van der Waals surface area contributed by atoms with Gasteiger partial charge in [-0.3, -0.25) is 14.5 Å². The quantitative estimate of drug-likeness (QED) is 0.387. The molecule has 1 aliphatic rings. The number of aryl methyl sites for hydroxylation is 1. The van der Waals surface area contributed by atoms with E-state index >= 15 is 0 Å². The second-order valence-electron chi connectivity index (χ2n) is 7.44.